The van der Waals surface area contributed by atoms with Crippen LogP contribution in [-0.2, 0) is 10.1 Å². The molecule has 0 amide bonds. The summed E-state index contributed by atoms with van der Waals surface area (Å²) >= 11 is 0. The average Bonchev–Trinajstić information content (AvgIpc) is 2.19. The molecular formula is C12H27NaNdO3S. The zero-order chi connectivity index (χ0) is 12.3. The van der Waals surface area contributed by atoms with Crippen LogP contribution >= 0.6 is 0 Å². The maximum Gasteiger partial charge on any atom is 1.00 e. The molecule has 0 aromatic rings. The van der Waals surface area contributed by atoms with Gasteiger partial charge in [-0.2, -0.15) is 8.42 Å². The van der Waals surface area contributed by atoms with Crippen molar-refractivity contribution in [1.82, 2.24) is 0 Å². The van der Waals surface area contributed by atoms with Gasteiger partial charge < -0.3 is 1.43 Å². The van der Waals surface area contributed by atoms with Crippen molar-refractivity contribution >= 4 is 10.1 Å². The van der Waals surface area contributed by atoms with Crippen LogP contribution in [0.25, 0.3) is 0 Å². The van der Waals surface area contributed by atoms with Crippen LogP contribution in [0.3, 0.4) is 0 Å². The van der Waals surface area contributed by atoms with Crippen molar-refractivity contribution in [2.45, 2.75) is 71.1 Å². The summed E-state index contributed by atoms with van der Waals surface area (Å²) in [5.41, 5.74) is 0. The van der Waals surface area contributed by atoms with Crippen LogP contribution in [-0.4, -0.2) is 18.7 Å². The van der Waals surface area contributed by atoms with E-state index in [0.29, 0.717) is 6.42 Å². The third-order valence-corrected chi connectivity index (χ3v) is 3.56. The Balaban J connectivity index is -0.000000375. The molecule has 0 unspecified atom stereocenters. The Kier molecular flexibility index (Phi) is 24.3. The first-order valence-electron chi connectivity index (χ1n) is 6.51. The first-order chi connectivity index (χ1) is 7.56. The molecule has 0 spiro atoms. The fraction of sp³-hybridized carbons (Fsp3) is 1.00. The van der Waals surface area contributed by atoms with E-state index < -0.39 is 10.1 Å². The van der Waals surface area contributed by atoms with E-state index in [2.05, 4.69) is 6.92 Å². The predicted molar refractivity (Wildman–Crippen MR) is 69.4 cm³/mol. The quantitative estimate of drug-likeness (QED) is 0.308. The summed E-state index contributed by atoms with van der Waals surface area (Å²) in [6.07, 6.45) is 11.7. The molecule has 6 heteroatoms. The molecule has 0 fully saturated rings. The van der Waals surface area contributed by atoms with Crippen LogP contribution in [0.1, 0.15) is 72.6 Å². The van der Waals surface area contributed by atoms with Crippen LogP contribution < -0.4 is 29.6 Å². The molecule has 0 bridgehead atoms. The van der Waals surface area contributed by atoms with Gasteiger partial charge in [0.05, 0.1) is 5.75 Å². The molecule has 18 heavy (non-hydrogen) atoms. The van der Waals surface area contributed by atoms with Gasteiger partial charge in [-0.05, 0) is 6.42 Å². The van der Waals surface area contributed by atoms with Gasteiger partial charge in [0.2, 0.25) is 0 Å². The van der Waals surface area contributed by atoms with E-state index in [1.54, 1.807) is 0 Å². The number of unbranched alkanes of at least 4 members (excludes halogenated alkanes) is 9. The van der Waals surface area contributed by atoms with Crippen LogP contribution in [0, 0.1) is 40.8 Å². The normalized spacial score (nSPS) is 10.6. The molecule has 0 radical (unpaired) electrons. The molecule has 0 aliphatic heterocycles. The molecule has 1 N–H and O–H groups in total. The van der Waals surface area contributed by atoms with Gasteiger partial charge in [-0.3, -0.25) is 4.55 Å². The zero-order valence-corrected chi connectivity index (χ0v) is 18.0. The molecule has 0 rings (SSSR count). The Morgan fingerprint density at radius 3 is 1.50 bits per heavy atom. The summed E-state index contributed by atoms with van der Waals surface area (Å²) in [6.45, 7) is 2.22. The second-order valence-electron chi connectivity index (χ2n) is 4.47. The van der Waals surface area contributed by atoms with E-state index in [1.807, 2.05) is 0 Å². The summed E-state index contributed by atoms with van der Waals surface area (Å²) in [6, 6.07) is 0. The minimum Gasteiger partial charge on any atom is -1.00 e. The monoisotopic (exact) mass is 416 g/mol. The van der Waals surface area contributed by atoms with Gasteiger partial charge in [-0.15, -0.1) is 0 Å². The molecule has 3 nitrogen and oxygen atoms in total. The smallest absolute Gasteiger partial charge is 1.00 e. The largest absolute Gasteiger partial charge is 1.00 e. The average molecular weight is 419 g/mol. The van der Waals surface area contributed by atoms with Crippen molar-refractivity contribution in [3.8, 4) is 0 Å². The summed E-state index contributed by atoms with van der Waals surface area (Å²) in [5, 5.41) is 0. The van der Waals surface area contributed by atoms with Crippen molar-refractivity contribution in [3.63, 3.8) is 0 Å². The molecule has 0 saturated carbocycles. The Morgan fingerprint density at radius 2 is 1.17 bits per heavy atom. The van der Waals surface area contributed by atoms with Crippen LogP contribution in [0.15, 0.2) is 0 Å². The molecule has 0 aromatic carbocycles. The first-order valence-corrected chi connectivity index (χ1v) is 8.12. The van der Waals surface area contributed by atoms with E-state index in [9.17, 15) is 8.42 Å². The molecule has 0 atom stereocenters. The molecule has 104 valence electrons. The van der Waals surface area contributed by atoms with Gasteiger partial charge in [0.1, 0.15) is 0 Å². The molecule has 0 aromatic heterocycles. The van der Waals surface area contributed by atoms with Gasteiger partial charge in [0.25, 0.3) is 10.1 Å². The minimum atomic E-state index is -3.73. The molecule has 0 aliphatic rings. The number of hydrogen-bond acceptors (Lipinski definition) is 2. The van der Waals surface area contributed by atoms with E-state index in [1.165, 1.54) is 44.9 Å². The van der Waals surface area contributed by atoms with Crippen LogP contribution in [0.5, 0.6) is 0 Å². The van der Waals surface area contributed by atoms with E-state index >= 15 is 0 Å². The Morgan fingerprint density at radius 1 is 0.833 bits per heavy atom. The van der Waals surface area contributed by atoms with Crippen LogP contribution in [0.4, 0.5) is 0 Å². The van der Waals surface area contributed by atoms with Gasteiger partial charge in [-0.25, -0.2) is 0 Å². The molecular weight excluding hydrogens is 391 g/mol. The van der Waals surface area contributed by atoms with Crippen molar-refractivity contribution < 1.29 is 84.8 Å². The molecule has 0 heterocycles. The third-order valence-electron chi connectivity index (χ3n) is 2.76. The zero-order valence-electron chi connectivity index (χ0n) is 13.0. The third kappa shape index (κ3) is 23.4. The van der Waals surface area contributed by atoms with Crippen molar-refractivity contribution in [2.75, 3.05) is 5.75 Å². The Bertz CT molecular complexity index is 251. The maximum atomic E-state index is 10.4. The number of hydrogen-bond donors (Lipinski definition) is 1. The maximum absolute atomic E-state index is 10.4. The Labute approximate surface area is 169 Å². The summed E-state index contributed by atoms with van der Waals surface area (Å²) in [5.74, 6) is -0.0799. The second kappa shape index (κ2) is 17.3. The van der Waals surface area contributed by atoms with Crippen molar-refractivity contribution in [1.29, 1.82) is 0 Å². The number of rotatable bonds is 11. The Hall–Kier alpha value is 2.26. The van der Waals surface area contributed by atoms with E-state index in [-0.39, 0.29) is 77.6 Å². The van der Waals surface area contributed by atoms with Gasteiger partial charge in [0.15, 0.2) is 0 Å². The fourth-order valence-corrected chi connectivity index (χ4v) is 2.34. The van der Waals surface area contributed by atoms with Crippen molar-refractivity contribution in [3.05, 3.63) is 0 Å². The minimum absolute atomic E-state index is 0. The standard InChI is InChI=1S/C12H26O3S.Na.Nd.H/c1-2-3-4-5-6-7-8-9-10-11-12-16(13,14)15;;;/h2-12H2,1H3,(H,13,14,15);;;/q;+1;;-1. The van der Waals surface area contributed by atoms with Gasteiger partial charge >= 0.3 is 29.6 Å². The van der Waals surface area contributed by atoms with Gasteiger partial charge in [0, 0.05) is 40.8 Å². The second-order valence-corrected chi connectivity index (χ2v) is 6.04. The topological polar surface area (TPSA) is 54.4 Å². The van der Waals surface area contributed by atoms with Crippen molar-refractivity contribution in [2.24, 2.45) is 0 Å². The van der Waals surface area contributed by atoms with E-state index in [4.69, 9.17) is 4.55 Å². The van der Waals surface area contributed by atoms with E-state index in [0.717, 1.165) is 12.8 Å². The molecule has 0 saturated heterocycles. The summed E-state index contributed by atoms with van der Waals surface area (Å²) in [7, 11) is -3.73. The first kappa shape index (κ1) is 25.2. The van der Waals surface area contributed by atoms with Crippen LogP contribution in [0.2, 0.25) is 0 Å². The SMILES string of the molecule is CCCCCCCCCCCCS(=O)(=O)O.[H-].[Na+].[Nd]. The van der Waals surface area contributed by atoms with Gasteiger partial charge in [-0.1, -0.05) is 64.7 Å². The fourth-order valence-electron chi connectivity index (χ4n) is 1.77. The summed E-state index contributed by atoms with van der Waals surface area (Å²) < 4.78 is 29.4. The summed E-state index contributed by atoms with van der Waals surface area (Å²) in [4.78, 5) is 0. The predicted octanol–water partition coefficient (Wildman–Crippen LogP) is 0.912. The molecule has 0 aliphatic carbocycles.